The summed E-state index contributed by atoms with van der Waals surface area (Å²) in [7, 11) is -1.90. The second kappa shape index (κ2) is 9.94. The second-order valence-electron chi connectivity index (χ2n) is 6.28. The molecule has 3 aromatic rings. The Morgan fingerprint density at radius 1 is 0.778 bits per heavy atom. The van der Waals surface area contributed by atoms with E-state index in [1.807, 2.05) is 78.9 Å². The molecule has 0 heterocycles. The Hall–Kier alpha value is -1.80. The molecule has 0 radical (unpaired) electrons. The summed E-state index contributed by atoms with van der Waals surface area (Å²) in [6.07, 6.45) is 0.764. The van der Waals surface area contributed by atoms with Crippen molar-refractivity contribution >= 4 is 26.2 Å². The summed E-state index contributed by atoms with van der Waals surface area (Å²) in [5.74, 6) is -0.102. The van der Waals surface area contributed by atoms with Crippen LogP contribution >= 0.6 is 0 Å². The molecular weight excluding hydrogens is 330 g/mol. The van der Waals surface area contributed by atoms with Crippen LogP contribution in [0.5, 0.6) is 0 Å². The molecular formula is C22H24BLiO3. The number of hydrogen-bond acceptors (Lipinski definition) is 3. The zero-order valence-electron chi connectivity index (χ0n) is 14.8. The van der Waals surface area contributed by atoms with Crippen molar-refractivity contribution in [2.24, 2.45) is 0 Å². The Morgan fingerprint density at radius 2 is 1.19 bits per heavy atom. The summed E-state index contributed by atoms with van der Waals surface area (Å²) < 4.78 is 5.93. The van der Waals surface area contributed by atoms with E-state index in [1.54, 1.807) is 0 Å². The summed E-state index contributed by atoms with van der Waals surface area (Å²) in [4.78, 5) is 0. The van der Waals surface area contributed by atoms with E-state index in [0.29, 0.717) is 0 Å². The van der Waals surface area contributed by atoms with Gasteiger partial charge in [0, 0.05) is 5.92 Å². The Labute approximate surface area is 173 Å². The van der Waals surface area contributed by atoms with Crippen molar-refractivity contribution in [3.63, 3.8) is 0 Å². The van der Waals surface area contributed by atoms with Crippen molar-refractivity contribution in [2.45, 2.75) is 24.9 Å². The topological polar surface area (TPSA) is 49.7 Å². The molecule has 1 atom stereocenters. The van der Waals surface area contributed by atoms with Gasteiger partial charge >= 0.3 is 26.2 Å². The van der Waals surface area contributed by atoms with Crippen molar-refractivity contribution in [1.82, 2.24) is 0 Å². The number of rotatable bonds is 7. The molecule has 0 aliphatic heterocycles. The molecule has 1 unspecified atom stereocenters. The number of hydrogen-bond donors (Lipinski definition) is 2. The third kappa shape index (κ3) is 4.55. The Kier molecular flexibility index (Phi) is 7.92. The molecule has 0 amide bonds. The Balaban J connectivity index is 0.00000261. The standard InChI is InChI=1S/C22H23BO3.Li.H/c1-2-21(18-12-6-3-7-13-18)22(26-23(24)25,19-14-8-4-9-15-19)20-16-10-5-11-17-20;;/h3-17,21,24-25H,2H2,1H3;;. The van der Waals surface area contributed by atoms with Crippen molar-refractivity contribution < 1.29 is 14.7 Å². The van der Waals surface area contributed by atoms with E-state index in [-0.39, 0.29) is 24.8 Å². The van der Waals surface area contributed by atoms with Gasteiger partial charge in [0.2, 0.25) is 0 Å². The zero-order valence-corrected chi connectivity index (χ0v) is 14.8. The van der Waals surface area contributed by atoms with Gasteiger partial charge in [-0.3, -0.25) is 0 Å². The molecule has 0 aromatic heterocycles. The molecule has 0 fully saturated rings. The molecule has 2 N–H and O–H groups in total. The van der Waals surface area contributed by atoms with Crippen molar-refractivity contribution in [3.8, 4) is 0 Å². The molecule has 134 valence electrons. The van der Waals surface area contributed by atoms with Gasteiger partial charge in [-0.25, -0.2) is 0 Å². The zero-order chi connectivity index (χ0) is 18.4. The minimum atomic E-state index is -1.90. The van der Waals surface area contributed by atoms with Gasteiger partial charge < -0.3 is 14.7 Å². The summed E-state index contributed by atoms with van der Waals surface area (Å²) >= 11 is 0. The maximum absolute atomic E-state index is 9.84. The first-order valence-electron chi connectivity index (χ1n) is 8.88. The molecule has 5 heteroatoms. The van der Waals surface area contributed by atoms with Crippen LogP contribution in [-0.2, 0) is 10.3 Å². The fourth-order valence-electron chi connectivity index (χ4n) is 3.77. The SMILES string of the molecule is CCC(c1ccccc1)C(OB(O)O)(c1ccccc1)c1ccccc1.[LiH]. The van der Waals surface area contributed by atoms with Crippen LogP contribution in [0.2, 0.25) is 0 Å². The van der Waals surface area contributed by atoms with E-state index in [4.69, 9.17) is 4.65 Å². The molecule has 0 saturated heterocycles. The summed E-state index contributed by atoms with van der Waals surface area (Å²) in [6.45, 7) is 2.09. The molecule has 0 aliphatic carbocycles. The maximum atomic E-state index is 9.84. The monoisotopic (exact) mass is 354 g/mol. The average Bonchev–Trinajstić information content (AvgIpc) is 2.69. The van der Waals surface area contributed by atoms with Gasteiger partial charge in [0.1, 0.15) is 5.60 Å². The molecule has 3 rings (SSSR count). The molecule has 3 nitrogen and oxygen atoms in total. The van der Waals surface area contributed by atoms with Crippen LogP contribution in [0.15, 0.2) is 91.0 Å². The van der Waals surface area contributed by atoms with Gasteiger partial charge in [0.25, 0.3) is 0 Å². The van der Waals surface area contributed by atoms with Crippen LogP contribution in [0, 0.1) is 0 Å². The molecule has 27 heavy (non-hydrogen) atoms. The van der Waals surface area contributed by atoms with Gasteiger partial charge in [-0.2, -0.15) is 0 Å². The Bertz CT molecular complexity index is 758. The van der Waals surface area contributed by atoms with Crippen LogP contribution in [0.4, 0.5) is 0 Å². The molecule has 0 saturated carbocycles. The minimum absolute atomic E-state index is 0. The second-order valence-corrected chi connectivity index (χ2v) is 6.28. The van der Waals surface area contributed by atoms with Gasteiger partial charge in [-0.1, -0.05) is 97.9 Å². The molecule has 3 aromatic carbocycles. The van der Waals surface area contributed by atoms with E-state index in [1.165, 1.54) is 0 Å². The Morgan fingerprint density at radius 3 is 1.56 bits per heavy atom. The third-order valence-electron chi connectivity index (χ3n) is 4.80. The van der Waals surface area contributed by atoms with Crippen molar-refractivity contribution in [2.75, 3.05) is 0 Å². The first-order chi connectivity index (χ1) is 12.7. The predicted molar refractivity (Wildman–Crippen MR) is 112 cm³/mol. The quantitative estimate of drug-likeness (QED) is 0.639. The van der Waals surface area contributed by atoms with Crippen molar-refractivity contribution in [1.29, 1.82) is 0 Å². The normalized spacial score (nSPS) is 12.1. The van der Waals surface area contributed by atoms with Crippen LogP contribution in [0.1, 0.15) is 36.0 Å². The fourth-order valence-corrected chi connectivity index (χ4v) is 3.77. The first kappa shape index (κ1) is 21.5. The number of benzene rings is 3. The van der Waals surface area contributed by atoms with Gasteiger partial charge in [-0.15, -0.1) is 0 Å². The summed E-state index contributed by atoms with van der Waals surface area (Å²) in [5.41, 5.74) is 1.83. The summed E-state index contributed by atoms with van der Waals surface area (Å²) in [6, 6.07) is 29.6. The van der Waals surface area contributed by atoms with E-state index in [2.05, 4.69) is 19.1 Å². The van der Waals surface area contributed by atoms with Crippen LogP contribution in [0.25, 0.3) is 0 Å². The predicted octanol–water partition coefficient (Wildman–Crippen LogP) is 3.46. The van der Waals surface area contributed by atoms with Crippen LogP contribution < -0.4 is 0 Å². The molecule has 0 aliphatic rings. The van der Waals surface area contributed by atoms with Crippen LogP contribution in [0.3, 0.4) is 0 Å². The van der Waals surface area contributed by atoms with E-state index >= 15 is 0 Å². The fraction of sp³-hybridized carbons (Fsp3) is 0.182. The summed E-state index contributed by atoms with van der Waals surface area (Å²) in [5, 5.41) is 19.7. The van der Waals surface area contributed by atoms with Crippen LogP contribution in [-0.4, -0.2) is 36.2 Å². The average molecular weight is 354 g/mol. The third-order valence-corrected chi connectivity index (χ3v) is 4.80. The first-order valence-corrected chi connectivity index (χ1v) is 8.88. The van der Waals surface area contributed by atoms with Gasteiger partial charge in [0.15, 0.2) is 0 Å². The van der Waals surface area contributed by atoms with E-state index < -0.39 is 12.9 Å². The van der Waals surface area contributed by atoms with Crippen molar-refractivity contribution in [3.05, 3.63) is 108 Å². The van der Waals surface area contributed by atoms with E-state index in [0.717, 1.165) is 23.1 Å². The van der Waals surface area contributed by atoms with Gasteiger partial charge in [0.05, 0.1) is 0 Å². The van der Waals surface area contributed by atoms with E-state index in [9.17, 15) is 10.0 Å². The van der Waals surface area contributed by atoms with Gasteiger partial charge in [-0.05, 0) is 23.1 Å². The molecule has 0 bridgehead atoms. The molecule has 0 spiro atoms.